The minimum absolute atomic E-state index is 0.284. The van der Waals surface area contributed by atoms with Crippen LogP contribution in [0.3, 0.4) is 0 Å². The van der Waals surface area contributed by atoms with Crippen molar-refractivity contribution in [1.82, 2.24) is 29.7 Å². The summed E-state index contributed by atoms with van der Waals surface area (Å²) in [6.07, 6.45) is 3.33. The minimum Gasteiger partial charge on any atom is -0.366 e. The normalized spacial score (nSPS) is 24.4. The van der Waals surface area contributed by atoms with Crippen molar-refractivity contribution in [1.29, 1.82) is 0 Å². The zero-order chi connectivity index (χ0) is 20.0. The molecule has 1 saturated heterocycles. The fourth-order valence-corrected chi connectivity index (χ4v) is 4.67. The summed E-state index contributed by atoms with van der Waals surface area (Å²) in [7, 11) is 0. The number of halogens is 3. The summed E-state index contributed by atoms with van der Waals surface area (Å²) < 4.78 is 43.3. The number of H-pyrrole nitrogens is 1. The SMILES string of the molecule is FC(F)(F)COC1CN(C[C@H]2CC[C@H](c3nnn4cnc5[nH]ccc5c34)CC2)C1. The molecule has 1 aliphatic heterocycles. The summed E-state index contributed by atoms with van der Waals surface area (Å²) in [6.45, 7) is 0.994. The van der Waals surface area contributed by atoms with Gasteiger partial charge in [-0.15, -0.1) is 5.10 Å². The maximum absolute atomic E-state index is 12.2. The van der Waals surface area contributed by atoms with Crippen LogP contribution in [0.15, 0.2) is 18.6 Å². The van der Waals surface area contributed by atoms with Crippen LogP contribution in [-0.2, 0) is 4.74 Å². The third kappa shape index (κ3) is 3.83. The van der Waals surface area contributed by atoms with E-state index in [0.29, 0.717) is 24.9 Å². The lowest BCUT2D eigenvalue weighted by Crippen LogP contribution is -2.54. The van der Waals surface area contributed by atoms with Gasteiger partial charge < -0.3 is 9.72 Å². The maximum Gasteiger partial charge on any atom is 0.411 e. The van der Waals surface area contributed by atoms with Crippen LogP contribution >= 0.6 is 0 Å². The quantitative estimate of drug-likeness (QED) is 0.702. The number of hydrogen-bond acceptors (Lipinski definition) is 5. The second-order valence-electron chi connectivity index (χ2n) is 8.24. The Hall–Kier alpha value is -2.20. The van der Waals surface area contributed by atoms with E-state index in [1.165, 1.54) is 0 Å². The van der Waals surface area contributed by atoms with E-state index < -0.39 is 12.8 Å². The number of nitrogens with zero attached hydrogens (tertiary/aromatic N) is 5. The number of aromatic amines is 1. The highest BCUT2D eigenvalue weighted by molar-refractivity contribution is 5.92. The van der Waals surface area contributed by atoms with Crippen LogP contribution in [0.1, 0.15) is 37.3 Å². The van der Waals surface area contributed by atoms with Crippen LogP contribution in [0, 0.1) is 5.92 Å². The number of aromatic nitrogens is 5. The Balaban J connectivity index is 1.15. The van der Waals surface area contributed by atoms with Crippen LogP contribution in [0.2, 0.25) is 0 Å². The van der Waals surface area contributed by atoms with Crippen LogP contribution in [-0.4, -0.2) is 68.2 Å². The third-order valence-electron chi connectivity index (χ3n) is 6.15. The molecule has 0 spiro atoms. The average Bonchev–Trinajstić information content (AvgIpc) is 3.29. The van der Waals surface area contributed by atoms with Gasteiger partial charge in [0.1, 0.15) is 24.1 Å². The highest BCUT2D eigenvalue weighted by Gasteiger charge is 2.35. The van der Waals surface area contributed by atoms with Gasteiger partial charge in [-0.3, -0.25) is 4.90 Å². The summed E-state index contributed by atoms with van der Waals surface area (Å²) in [5.41, 5.74) is 2.92. The number of nitrogens with one attached hydrogen (secondary N) is 1. The molecule has 7 nitrogen and oxygen atoms in total. The lowest BCUT2D eigenvalue weighted by atomic mass is 9.79. The average molecular weight is 408 g/mol. The van der Waals surface area contributed by atoms with Crippen molar-refractivity contribution < 1.29 is 17.9 Å². The predicted molar refractivity (Wildman–Crippen MR) is 99.6 cm³/mol. The van der Waals surface area contributed by atoms with Gasteiger partial charge in [-0.2, -0.15) is 13.2 Å². The van der Waals surface area contributed by atoms with Crippen molar-refractivity contribution >= 4 is 16.6 Å². The van der Waals surface area contributed by atoms with Crippen molar-refractivity contribution in [3.05, 3.63) is 24.3 Å². The first-order chi connectivity index (χ1) is 14.0. The molecule has 4 heterocycles. The number of rotatable bonds is 5. The third-order valence-corrected chi connectivity index (χ3v) is 6.15. The zero-order valence-electron chi connectivity index (χ0n) is 15.9. The van der Waals surface area contributed by atoms with Crippen LogP contribution in [0.4, 0.5) is 13.2 Å². The molecule has 0 atom stereocenters. The molecule has 3 aromatic rings. The van der Waals surface area contributed by atoms with Crippen LogP contribution in [0.25, 0.3) is 16.6 Å². The molecular formula is C19H23F3N6O. The van der Waals surface area contributed by atoms with Gasteiger partial charge in [0.15, 0.2) is 0 Å². The molecule has 10 heteroatoms. The molecule has 2 aliphatic rings. The molecule has 3 aromatic heterocycles. The van der Waals surface area contributed by atoms with Gasteiger partial charge in [-0.25, -0.2) is 9.50 Å². The monoisotopic (exact) mass is 408 g/mol. The largest absolute Gasteiger partial charge is 0.411 e. The van der Waals surface area contributed by atoms with Crippen LogP contribution in [0.5, 0.6) is 0 Å². The minimum atomic E-state index is -4.24. The van der Waals surface area contributed by atoms with E-state index in [1.54, 1.807) is 10.8 Å². The lowest BCUT2D eigenvalue weighted by molar-refractivity contribution is -0.199. The van der Waals surface area contributed by atoms with Gasteiger partial charge in [-0.1, -0.05) is 5.21 Å². The molecule has 29 heavy (non-hydrogen) atoms. The summed E-state index contributed by atoms with van der Waals surface area (Å²) >= 11 is 0. The number of fused-ring (bicyclic) bond motifs is 3. The molecule has 156 valence electrons. The molecule has 0 bridgehead atoms. The van der Waals surface area contributed by atoms with E-state index in [1.807, 2.05) is 12.3 Å². The summed E-state index contributed by atoms with van der Waals surface area (Å²) in [5, 5.41) is 9.74. The van der Waals surface area contributed by atoms with Gasteiger partial charge in [0.2, 0.25) is 0 Å². The number of ether oxygens (including phenoxy) is 1. The Labute approximate surface area is 165 Å². The number of hydrogen-bond donors (Lipinski definition) is 1. The summed E-state index contributed by atoms with van der Waals surface area (Å²) in [5.74, 6) is 0.953. The van der Waals surface area contributed by atoms with Crippen molar-refractivity contribution in [3.8, 4) is 0 Å². The highest BCUT2D eigenvalue weighted by Crippen LogP contribution is 2.38. The van der Waals surface area contributed by atoms with Crippen molar-refractivity contribution in [2.45, 2.75) is 43.9 Å². The fourth-order valence-electron chi connectivity index (χ4n) is 4.67. The van der Waals surface area contributed by atoms with Gasteiger partial charge in [0.25, 0.3) is 0 Å². The van der Waals surface area contributed by atoms with E-state index >= 15 is 0 Å². The Morgan fingerprint density at radius 1 is 1.17 bits per heavy atom. The lowest BCUT2D eigenvalue weighted by Gasteiger charge is -2.42. The Morgan fingerprint density at radius 3 is 2.72 bits per heavy atom. The molecule has 2 fully saturated rings. The topological polar surface area (TPSA) is 71.3 Å². The molecule has 5 rings (SSSR count). The Kier molecular flexibility index (Phi) is 4.70. The van der Waals surface area contributed by atoms with E-state index in [4.69, 9.17) is 4.74 Å². The first-order valence-corrected chi connectivity index (χ1v) is 10.0. The smallest absolute Gasteiger partial charge is 0.366 e. The maximum atomic E-state index is 12.2. The van der Waals surface area contributed by atoms with Crippen LogP contribution < -0.4 is 0 Å². The van der Waals surface area contributed by atoms with Crippen molar-refractivity contribution in [2.24, 2.45) is 5.92 Å². The van der Waals surface area contributed by atoms with Gasteiger partial charge >= 0.3 is 6.18 Å². The molecular weight excluding hydrogens is 385 g/mol. The van der Waals surface area contributed by atoms with Crippen molar-refractivity contribution in [2.75, 3.05) is 26.2 Å². The molecule has 0 aromatic carbocycles. The highest BCUT2D eigenvalue weighted by atomic mass is 19.4. The molecule has 1 saturated carbocycles. The summed E-state index contributed by atoms with van der Waals surface area (Å²) in [6, 6.07) is 2.01. The van der Waals surface area contributed by atoms with Gasteiger partial charge in [0.05, 0.1) is 11.8 Å². The van der Waals surface area contributed by atoms with E-state index in [9.17, 15) is 13.2 Å². The van der Waals surface area contributed by atoms with Gasteiger partial charge in [0, 0.05) is 37.1 Å². The first-order valence-electron chi connectivity index (χ1n) is 10.0. The zero-order valence-corrected chi connectivity index (χ0v) is 15.9. The molecule has 0 amide bonds. The molecule has 0 unspecified atom stereocenters. The molecule has 1 aliphatic carbocycles. The predicted octanol–water partition coefficient (Wildman–Crippen LogP) is 3.14. The fraction of sp³-hybridized carbons (Fsp3) is 0.632. The number of alkyl halides is 3. The van der Waals surface area contributed by atoms with E-state index in [2.05, 4.69) is 25.2 Å². The second-order valence-corrected chi connectivity index (χ2v) is 8.24. The van der Waals surface area contributed by atoms with Gasteiger partial charge in [-0.05, 0) is 37.7 Å². The molecule has 1 N–H and O–H groups in total. The second kappa shape index (κ2) is 7.24. The molecule has 0 radical (unpaired) electrons. The summed E-state index contributed by atoms with van der Waals surface area (Å²) in [4.78, 5) is 9.69. The Bertz CT molecular complexity index is 985. The standard InChI is InChI=1S/C19H23F3N6O/c20-19(21,22)10-29-14-8-27(9-14)7-12-1-3-13(4-2-12)16-17-15-5-6-23-18(15)24-11-28(17)26-25-16/h5-6,11-14,23H,1-4,7-10H2/t12-,13-. The van der Waals surface area contributed by atoms with E-state index in [-0.39, 0.29) is 6.10 Å². The van der Waals surface area contributed by atoms with Crippen molar-refractivity contribution in [3.63, 3.8) is 0 Å². The first kappa shape index (κ1) is 18.8. The number of likely N-dealkylation sites (tertiary alicyclic amines) is 1. The Morgan fingerprint density at radius 2 is 1.97 bits per heavy atom. The van der Waals surface area contributed by atoms with E-state index in [0.717, 1.165) is 54.5 Å².